The zero-order chi connectivity index (χ0) is 21.0. The molecule has 148 valence electrons. The Labute approximate surface area is 178 Å². The van der Waals surface area contributed by atoms with Gasteiger partial charge in [-0.3, -0.25) is 9.78 Å². The van der Waals surface area contributed by atoms with Crippen LogP contribution in [0.25, 0.3) is 44.6 Å². The molecule has 0 saturated carbocycles. The summed E-state index contributed by atoms with van der Waals surface area (Å²) in [6.07, 6.45) is 1.49. The minimum absolute atomic E-state index is 0.166. The summed E-state index contributed by atoms with van der Waals surface area (Å²) in [6.45, 7) is 1.78. The number of fused-ring (bicyclic) bond motifs is 2. The number of H-pyrrole nitrogens is 2. The number of halogens is 3. The Kier molecular flexibility index (Phi) is 4.30. The molecular weight excluding hydrogens is 428 g/mol. The molecule has 0 atom stereocenters. The van der Waals surface area contributed by atoms with Gasteiger partial charge in [-0.2, -0.15) is 0 Å². The molecule has 5 rings (SSSR count). The summed E-state index contributed by atoms with van der Waals surface area (Å²) in [5.41, 5.74) is 2.82. The highest BCUT2D eigenvalue weighted by Crippen LogP contribution is 2.34. The van der Waals surface area contributed by atoms with Crippen LogP contribution in [-0.2, 0) is 0 Å². The van der Waals surface area contributed by atoms with E-state index in [0.717, 1.165) is 0 Å². The Morgan fingerprint density at radius 3 is 2.67 bits per heavy atom. The molecule has 0 amide bonds. The van der Waals surface area contributed by atoms with Gasteiger partial charge in [-0.15, -0.1) is 0 Å². The smallest absolute Gasteiger partial charge is 0.259 e. The van der Waals surface area contributed by atoms with Gasteiger partial charge in [-0.25, -0.2) is 14.4 Å². The second-order valence-electron chi connectivity index (χ2n) is 6.74. The normalized spacial score (nSPS) is 11.5. The van der Waals surface area contributed by atoms with E-state index in [1.807, 2.05) is 0 Å². The Balaban J connectivity index is 1.80. The number of nitrogens with one attached hydrogen (secondary N) is 2. The molecule has 1 aromatic carbocycles. The lowest BCUT2D eigenvalue weighted by Crippen LogP contribution is -2.10. The summed E-state index contributed by atoms with van der Waals surface area (Å²) in [7, 11) is 0. The number of aryl methyl sites for hydroxylation is 1. The van der Waals surface area contributed by atoms with Crippen molar-refractivity contribution in [1.82, 2.24) is 24.9 Å². The van der Waals surface area contributed by atoms with E-state index in [4.69, 9.17) is 23.2 Å². The molecule has 2 N–H and O–H groups in total. The second-order valence-corrected chi connectivity index (χ2v) is 7.54. The highest BCUT2D eigenvalue weighted by atomic mass is 35.5. The van der Waals surface area contributed by atoms with Gasteiger partial charge < -0.3 is 9.97 Å². The fourth-order valence-electron chi connectivity index (χ4n) is 3.49. The van der Waals surface area contributed by atoms with Gasteiger partial charge in [0, 0.05) is 17.6 Å². The minimum atomic E-state index is -0.504. The van der Waals surface area contributed by atoms with Gasteiger partial charge in [0.05, 0.1) is 38.6 Å². The van der Waals surface area contributed by atoms with Crippen LogP contribution < -0.4 is 5.56 Å². The number of nitrogens with zero attached hydrogens (tertiary/aromatic N) is 3. The van der Waals surface area contributed by atoms with Crippen molar-refractivity contribution < 1.29 is 4.39 Å². The highest BCUT2D eigenvalue weighted by Gasteiger charge is 2.18. The number of aromatic amines is 2. The lowest BCUT2D eigenvalue weighted by atomic mass is 10.0. The molecule has 5 aromatic rings. The minimum Gasteiger partial charge on any atom is -0.338 e. The van der Waals surface area contributed by atoms with Gasteiger partial charge >= 0.3 is 0 Å². The predicted octanol–water partition coefficient (Wildman–Crippen LogP) is 5.28. The standard InChI is InChI=1S/C21H12Cl2FN5O/c1-9-18-15(8-16(23)26-9)27-20(29-18)11-7-10-14(28-21(11)30)5-6-25-19(10)17-12(22)3-2-4-13(17)24/h2-8H,1H3,(H,27,29)(H,28,30). The van der Waals surface area contributed by atoms with Crippen molar-refractivity contribution in [1.29, 1.82) is 0 Å². The SMILES string of the molecule is Cc1nc(Cl)cc2[nH]c(-c3cc4c(-c5c(F)cccc5Cl)nccc4[nH]c3=O)nc12. The molecule has 0 radical (unpaired) electrons. The maximum atomic E-state index is 14.6. The van der Waals surface area contributed by atoms with Crippen LogP contribution >= 0.6 is 23.2 Å². The first-order valence-electron chi connectivity index (χ1n) is 8.92. The Morgan fingerprint density at radius 1 is 1.03 bits per heavy atom. The molecule has 0 aliphatic carbocycles. The van der Waals surface area contributed by atoms with E-state index in [2.05, 4.69) is 24.9 Å². The van der Waals surface area contributed by atoms with Crippen molar-refractivity contribution in [2.75, 3.05) is 0 Å². The van der Waals surface area contributed by atoms with Crippen LogP contribution in [0.2, 0.25) is 10.2 Å². The van der Waals surface area contributed by atoms with Crippen LogP contribution in [-0.4, -0.2) is 24.9 Å². The molecule has 4 heterocycles. The van der Waals surface area contributed by atoms with Crippen molar-refractivity contribution in [3.05, 3.63) is 74.6 Å². The maximum absolute atomic E-state index is 14.6. The first kappa shape index (κ1) is 18.7. The van der Waals surface area contributed by atoms with Crippen molar-refractivity contribution in [2.24, 2.45) is 0 Å². The van der Waals surface area contributed by atoms with Crippen LogP contribution in [0.15, 0.2) is 47.4 Å². The third-order valence-electron chi connectivity index (χ3n) is 4.84. The topological polar surface area (TPSA) is 87.3 Å². The zero-order valence-electron chi connectivity index (χ0n) is 15.4. The van der Waals surface area contributed by atoms with Gasteiger partial charge in [-0.05, 0) is 31.2 Å². The fourth-order valence-corrected chi connectivity index (χ4v) is 3.97. The Hall–Kier alpha value is -3.29. The van der Waals surface area contributed by atoms with Crippen LogP contribution in [0.1, 0.15) is 5.69 Å². The van der Waals surface area contributed by atoms with E-state index in [1.54, 1.807) is 31.2 Å². The number of imidazole rings is 1. The zero-order valence-corrected chi connectivity index (χ0v) is 16.9. The van der Waals surface area contributed by atoms with E-state index in [9.17, 15) is 9.18 Å². The Morgan fingerprint density at radius 2 is 1.87 bits per heavy atom. The molecule has 0 unspecified atom stereocenters. The molecule has 0 saturated heterocycles. The second kappa shape index (κ2) is 6.90. The summed E-state index contributed by atoms with van der Waals surface area (Å²) in [5, 5.41) is 1.08. The Bertz CT molecular complexity index is 1510. The van der Waals surface area contributed by atoms with Gasteiger partial charge in [0.15, 0.2) is 0 Å². The lowest BCUT2D eigenvalue weighted by molar-refractivity contribution is 0.631. The van der Waals surface area contributed by atoms with E-state index < -0.39 is 5.82 Å². The summed E-state index contributed by atoms with van der Waals surface area (Å²) in [6, 6.07) is 9.34. The van der Waals surface area contributed by atoms with Gasteiger partial charge in [0.25, 0.3) is 5.56 Å². The molecule has 0 bridgehead atoms. The first-order valence-corrected chi connectivity index (χ1v) is 9.67. The quantitative estimate of drug-likeness (QED) is 0.366. The number of pyridine rings is 3. The molecule has 6 nitrogen and oxygen atoms in total. The van der Waals surface area contributed by atoms with E-state index in [1.165, 1.54) is 18.3 Å². The van der Waals surface area contributed by atoms with E-state index in [-0.39, 0.29) is 21.7 Å². The largest absolute Gasteiger partial charge is 0.338 e. The van der Waals surface area contributed by atoms with Gasteiger partial charge in [0.2, 0.25) is 0 Å². The predicted molar refractivity (Wildman–Crippen MR) is 115 cm³/mol. The highest BCUT2D eigenvalue weighted by molar-refractivity contribution is 6.33. The maximum Gasteiger partial charge on any atom is 0.259 e. The monoisotopic (exact) mass is 439 g/mol. The van der Waals surface area contributed by atoms with Crippen molar-refractivity contribution in [2.45, 2.75) is 6.92 Å². The number of aromatic nitrogens is 5. The van der Waals surface area contributed by atoms with Crippen LogP contribution in [0.5, 0.6) is 0 Å². The summed E-state index contributed by atoms with van der Waals surface area (Å²) >= 11 is 12.3. The van der Waals surface area contributed by atoms with Crippen LogP contribution in [0.3, 0.4) is 0 Å². The number of hydrogen-bond donors (Lipinski definition) is 2. The molecular formula is C21H12Cl2FN5O. The summed E-state index contributed by atoms with van der Waals surface area (Å²) in [5.74, 6) is -0.162. The molecule has 30 heavy (non-hydrogen) atoms. The average Bonchev–Trinajstić information content (AvgIpc) is 3.11. The van der Waals surface area contributed by atoms with Gasteiger partial charge in [-0.1, -0.05) is 29.3 Å². The molecule has 0 aliphatic heterocycles. The van der Waals surface area contributed by atoms with Crippen molar-refractivity contribution in [3.8, 4) is 22.6 Å². The number of hydrogen-bond acceptors (Lipinski definition) is 4. The molecule has 0 spiro atoms. The van der Waals surface area contributed by atoms with E-state index >= 15 is 0 Å². The third-order valence-corrected chi connectivity index (χ3v) is 5.35. The molecule has 4 aromatic heterocycles. The average molecular weight is 440 g/mol. The molecule has 0 fully saturated rings. The van der Waals surface area contributed by atoms with Gasteiger partial charge in [0.1, 0.15) is 22.3 Å². The summed E-state index contributed by atoms with van der Waals surface area (Å²) < 4.78 is 14.6. The van der Waals surface area contributed by atoms with E-state index in [0.29, 0.717) is 44.3 Å². The van der Waals surface area contributed by atoms with Crippen LogP contribution in [0.4, 0.5) is 4.39 Å². The third kappa shape index (κ3) is 2.94. The number of benzene rings is 1. The van der Waals surface area contributed by atoms with Crippen molar-refractivity contribution >= 4 is 45.1 Å². The molecule has 0 aliphatic rings. The fraction of sp³-hybridized carbons (Fsp3) is 0.0476. The lowest BCUT2D eigenvalue weighted by Gasteiger charge is -2.09. The number of rotatable bonds is 2. The van der Waals surface area contributed by atoms with Crippen LogP contribution in [0, 0.1) is 12.7 Å². The first-order chi connectivity index (χ1) is 14.4. The summed E-state index contributed by atoms with van der Waals surface area (Å²) in [4.78, 5) is 31.7. The van der Waals surface area contributed by atoms with Crippen molar-refractivity contribution in [3.63, 3.8) is 0 Å². The molecule has 9 heteroatoms.